The van der Waals surface area contributed by atoms with Crippen molar-refractivity contribution in [2.24, 2.45) is 0 Å². The lowest BCUT2D eigenvalue weighted by Gasteiger charge is -2.15. The summed E-state index contributed by atoms with van der Waals surface area (Å²) in [4.78, 5) is 36.4. The molecular weight excluding hydrogens is 1480 g/mol. The first-order chi connectivity index (χ1) is 60.5. The molecule has 0 spiro atoms. The van der Waals surface area contributed by atoms with E-state index in [1.54, 1.807) is 0 Å². The SMILES string of the molecule is c1ccc(-c2ccc(-c3cc(-c4ccc(-n5c6ccccc6c6c(-c7cc8ccccc8c8ccccc78)nc7ccccc7c65)cc4)nc(-c4ccccc4)n3)cc2)cc1.c1ccc(-c2ccc(-c3nc(-c4ccccc4)nc(-c4ccc(-n5c6ccccc6c6c(-c7cc8ccccc8c8ccccc78)nc7ccccc7c65)cc4)n3)cc2)cc1. The van der Waals surface area contributed by atoms with Gasteiger partial charge in [0, 0.05) is 88.2 Å². The van der Waals surface area contributed by atoms with Crippen molar-refractivity contribution in [1.82, 2.24) is 44.0 Å². The van der Waals surface area contributed by atoms with E-state index in [2.05, 4.69) is 379 Å². The van der Waals surface area contributed by atoms with Crippen LogP contribution in [-0.4, -0.2) is 44.0 Å². The Kier molecular flexibility index (Phi) is 17.4. The Hall–Kier alpha value is -16.5. The van der Waals surface area contributed by atoms with E-state index >= 15 is 0 Å². The third-order valence-corrected chi connectivity index (χ3v) is 23.8. The van der Waals surface area contributed by atoms with Gasteiger partial charge in [-0.25, -0.2) is 34.9 Å². The number of hydrogen-bond acceptors (Lipinski definition) is 7. The molecule has 0 aliphatic heterocycles. The van der Waals surface area contributed by atoms with Crippen molar-refractivity contribution in [3.05, 3.63) is 431 Å². The molecule has 9 heteroatoms. The van der Waals surface area contributed by atoms with Crippen LogP contribution in [0.15, 0.2) is 431 Å². The van der Waals surface area contributed by atoms with Crippen LogP contribution in [0, 0.1) is 0 Å². The zero-order valence-corrected chi connectivity index (χ0v) is 66.0. The van der Waals surface area contributed by atoms with Gasteiger partial charge in [0.25, 0.3) is 0 Å². The van der Waals surface area contributed by atoms with Gasteiger partial charge in [0.2, 0.25) is 0 Å². The Morgan fingerprint density at radius 3 is 0.844 bits per heavy atom. The van der Waals surface area contributed by atoms with E-state index in [0.29, 0.717) is 23.3 Å². The van der Waals surface area contributed by atoms with Gasteiger partial charge in [-0.2, -0.15) is 0 Å². The minimum absolute atomic E-state index is 0.616. The van der Waals surface area contributed by atoms with Crippen molar-refractivity contribution in [3.8, 4) is 124 Å². The highest BCUT2D eigenvalue weighted by Gasteiger charge is 2.26. The average Bonchev–Trinajstić information content (AvgIpc) is 1.56. The molecule has 0 atom stereocenters. The Labute approximate surface area is 702 Å². The monoisotopic (exact) mass is 1550 g/mol. The number of benzene rings is 18. The smallest absolute Gasteiger partial charge is 0.164 e. The van der Waals surface area contributed by atoms with Crippen molar-refractivity contribution < 1.29 is 0 Å². The lowest BCUT2D eigenvalue weighted by atomic mass is 9.93. The Morgan fingerprint density at radius 1 is 0.172 bits per heavy atom. The van der Waals surface area contributed by atoms with Crippen molar-refractivity contribution in [2.45, 2.75) is 0 Å². The van der Waals surface area contributed by atoms with Gasteiger partial charge in [0.15, 0.2) is 23.3 Å². The summed E-state index contributed by atoms with van der Waals surface area (Å²) in [5.41, 5.74) is 24.9. The zero-order chi connectivity index (χ0) is 80.6. The minimum Gasteiger partial charge on any atom is -0.308 e. The second kappa shape index (κ2) is 29.9. The van der Waals surface area contributed by atoms with Crippen LogP contribution in [-0.2, 0) is 0 Å². The van der Waals surface area contributed by atoms with Gasteiger partial charge in [-0.3, -0.25) is 0 Å². The second-order valence-corrected chi connectivity index (χ2v) is 31.0. The van der Waals surface area contributed by atoms with E-state index in [1.165, 1.54) is 65.2 Å². The number of nitrogens with zero attached hydrogens (tertiary/aromatic N) is 9. The highest BCUT2D eigenvalue weighted by molar-refractivity contribution is 6.27. The van der Waals surface area contributed by atoms with E-state index in [-0.39, 0.29) is 0 Å². The summed E-state index contributed by atoms with van der Waals surface area (Å²) >= 11 is 0. The molecular formula is C113H71N9. The van der Waals surface area contributed by atoms with Gasteiger partial charge in [0.05, 0.1) is 55.9 Å². The van der Waals surface area contributed by atoms with Gasteiger partial charge < -0.3 is 9.13 Å². The molecule has 0 amide bonds. The molecule has 0 bridgehead atoms. The maximum Gasteiger partial charge on any atom is 0.164 e. The summed E-state index contributed by atoms with van der Waals surface area (Å²) in [7, 11) is 0. The highest BCUT2D eigenvalue weighted by Crippen LogP contribution is 2.48. The number of para-hydroxylation sites is 4. The summed E-state index contributed by atoms with van der Waals surface area (Å²) in [6, 6.07) is 152. The van der Waals surface area contributed by atoms with Crippen LogP contribution in [0.3, 0.4) is 0 Å². The van der Waals surface area contributed by atoms with Crippen LogP contribution in [0.25, 0.3) is 233 Å². The van der Waals surface area contributed by atoms with Gasteiger partial charge >= 0.3 is 0 Å². The number of hydrogen-bond donors (Lipinski definition) is 0. The normalized spacial score (nSPS) is 11.6. The molecule has 9 nitrogen and oxygen atoms in total. The Bertz CT molecular complexity index is 7710. The predicted molar refractivity (Wildman–Crippen MR) is 506 cm³/mol. The van der Waals surface area contributed by atoms with Crippen LogP contribution in [0.2, 0.25) is 0 Å². The fourth-order valence-electron chi connectivity index (χ4n) is 18.0. The standard InChI is InChI=1S/C57H36N4.C56H35N5/c1-3-15-37(16-4-1)38-27-29-39(30-28-38)51-36-52(60-57(59-51)41-17-5-2-6-18-41)40-31-33-43(34-32-40)61-53-26-14-12-24-48(53)54-55(58-50-25-13-11-23-47(50)56(54)61)49-35-42-19-7-8-20-44(42)45-21-9-10-22-46(45)49;1-3-15-36(16-4-1)37-27-29-39(30-28-37)55-58-54(38-17-5-2-6-18-38)59-56(60-55)40-31-33-42(34-32-40)61-50-26-14-12-24-47(50)51-52(57-49-25-13-11-23-46(49)53(51)61)48-35-41-19-7-8-20-43(41)44-21-9-10-22-45(44)48/h1-36H;1-35H. The molecule has 0 unspecified atom stereocenters. The lowest BCUT2D eigenvalue weighted by molar-refractivity contribution is 1.07. The minimum atomic E-state index is 0.616. The molecule has 0 aliphatic rings. The van der Waals surface area contributed by atoms with E-state index in [1.807, 2.05) is 60.7 Å². The summed E-state index contributed by atoms with van der Waals surface area (Å²) in [6.07, 6.45) is 0. The third kappa shape index (κ3) is 12.5. The quantitative estimate of drug-likeness (QED) is 0.112. The first kappa shape index (κ1) is 70.9. The fraction of sp³-hybridized carbons (Fsp3) is 0. The van der Waals surface area contributed by atoms with Crippen LogP contribution in [0.1, 0.15) is 0 Å². The van der Waals surface area contributed by atoms with Crippen molar-refractivity contribution >= 4 is 109 Å². The molecule has 0 radical (unpaired) electrons. The van der Waals surface area contributed by atoms with Crippen molar-refractivity contribution in [1.29, 1.82) is 0 Å². The molecule has 18 aromatic carbocycles. The molecule has 0 aliphatic carbocycles. The van der Waals surface area contributed by atoms with Crippen LogP contribution in [0.5, 0.6) is 0 Å². The zero-order valence-electron chi connectivity index (χ0n) is 66.0. The number of aromatic nitrogens is 9. The van der Waals surface area contributed by atoms with Crippen molar-refractivity contribution in [3.63, 3.8) is 0 Å². The Morgan fingerprint density at radius 2 is 0.443 bits per heavy atom. The highest BCUT2D eigenvalue weighted by atomic mass is 15.0. The summed E-state index contributed by atoms with van der Waals surface area (Å²) in [5, 5.41) is 16.5. The number of rotatable bonds is 12. The second-order valence-electron chi connectivity index (χ2n) is 31.0. The third-order valence-electron chi connectivity index (χ3n) is 23.8. The van der Waals surface area contributed by atoms with E-state index in [0.717, 1.165) is 144 Å². The predicted octanol–water partition coefficient (Wildman–Crippen LogP) is 28.9. The first-order valence-corrected chi connectivity index (χ1v) is 41.3. The summed E-state index contributed by atoms with van der Waals surface area (Å²) in [6.45, 7) is 0. The molecule has 0 saturated carbocycles. The average molecular weight is 1550 g/mol. The lowest BCUT2D eigenvalue weighted by Crippen LogP contribution is -2.01. The maximum absolute atomic E-state index is 5.50. The van der Waals surface area contributed by atoms with Crippen LogP contribution in [0.4, 0.5) is 0 Å². The fourth-order valence-corrected chi connectivity index (χ4v) is 18.0. The number of pyridine rings is 2. The van der Waals surface area contributed by atoms with E-state index in [4.69, 9.17) is 34.9 Å². The molecule has 0 saturated heterocycles. The first-order valence-electron chi connectivity index (χ1n) is 41.3. The number of fused-ring (bicyclic) bond motifs is 16. The molecule has 0 N–H and O–H groups in total. The molecule has 0 fully saturated rings. The Balaban J connectivity index is 0.000000142. The summed E-state index contributed by atoms with van der Waals surface area (Å²) in [5.74, 6) is 2.57. The van der Waals surface area contributed by atoms with E-state index < -0.39 is 0 Å². The molecule has 568 valence electrons. The van der Waals surface area contributed by atoms with Gasteiger partial charge in [-0.1, -0.05) is 352 Å². The molecule has 24 aromatic rings. The topological polar surface area (TPSA) is 100 Å². The van der Waals surface area contributed by atoms with Crippen LogP contribution >= 0.6 is 0 Å². The molecule has 6 heterocycles. The summed E-state index contributed by atoms with van der Waals surface area (Å²) < 4.78 is 4.81. The van der Waals surface area contributed by atoms with Crippen LogP contribution < -0.4 is 0 Å². The van der Waals surface area contributed by atoms with Crippen molar-refractivity contribution in [2.75, 3.05) is 0 Å². The van der Waals surface area contributed by atoms with E-state index in [9.17, 15) is 0 Å². The van der Waals surface area contributed by atoms with Gasteiger partial charge in [0.1, 0.15) is 0 Å². The maximum atomic E-state index is 5.50. The molecule has 24 rings (SSSR count). The largest absolute Gasteiger partial charge is 0.308 e. The molecule has 6 aromatic heterocycles. The van der Waals surface area contributed by atoms with Gasteiger partial charge in [-0.15, -0.1) is 0 Å². The van der Waals surface area contributed by atoms with Gasteiger partial charge in [-0.05, 0) is 144 Å². The molecule has 122 heavy (non-hydrogen) atoms.